The molecular weight excluding hydrogens is 212 g/mol. The Morgan fingerprint density at radius 2 is 1.94 bits per heavy atom. The highest BCUT2D eigenvalue weighted by molar-refractivity contribution is 5.84. The molecule has 1 atom stereocenters. The fourth-order valence-electron chi connectivity index (χ4n) is 1.57. The average molecular weight is 232 g/mol. The van der Waals surface area contributed by atoms with E-state index in [0.29, 0.717) is 0 Å². The first kappa shape index (κ1) is 14.9. The number of nitrogens with one attached hydrogen (secondary N) is 1. The van der Waals surface area contributed by atoms with Crippen molar-refractivity contribution in [3.63, 3.8) is 0 Å². The number of oxime groups is 1. The molecule has 0 radical (unpaired) electrons. The van der Waals surface area contributed by atoms with Gasteiger partial charge in [0.15, 0.2) is 6.29 Å². The molecule has 0 aromatic carbocycles. The number of hydrogen-bond acceptors (Lipinski definition) is 5. The largest absolute Gasteiger partial charge is 0.411 e. The van der Waals surface area contributed by atoms with Crippen LogP contribution in [0.3, 0.4) is 0 Å². The molecule has 0 aliphatic heterocycles. The van der Waals surface area contributed by atoms with Crippen LogP contribution in [-0.2, 0) is 14.3 Å². The molecule has 0 heterocycles. The number of hydrogen-bond donors (Lipinski definition) is 2. The van der Waals surface area contributed by atoms with Gasteiger partial charge in [0.1, 0.15) is 0 Å². The lowest BCUT2D eigenvalue weighted by Gasteiger charge is -2.33. The number of methoxy groups -OCH3 is 2. The van der Waals surface area contributed by atoms with E-state index in [1.807, 2.05) is 0 Å². The molecule has 6 heteroatoms. The summed E-state index contributed by atoms with van der Waals surface area (Å²) in [7, 11) is 4.44. The molecule has 16 heavy (non-hydrogen) atoms. The Bertz CT molecular complexity index is 249. The van der Waals surface area contributed by atoms with Crippen molar-refractivity contribution in [3.05, 3.63) is 0 Å². The van der Waals surface area contributed by atoms with Gasteiger partial charge in [-0.05, 0) is 0 Å². The van der Waals surface area contributed by atoms with Crippen molar-refractivity contribution in [3.8, 4) is 0 Å². The maximum Gasteiger partial charge on any atom is 0.228 e. The standard InChI is InChI=1S/C10H20N2O4/c1-10(2,6-12-14)7(8(13)11-3)9(15-4)16-5/h6-7,9,14H,1-5H3,(H,11,13). The third kappa shape index (κ3) is 3.46. The number of rotatable bonds is 6. The molecule has 0 aliphatic rings. The number of ether oxygens (including phenoxy) is 2. The van der Waals surface area contributed by atoms with Crippen LogP contribution in [0, 0.1) is 11.3 Å². The normalized spacial score (nSPS) is 14.4. The van der Waals surface area contributed by atoms with Gasteiger partial charge in [0.2, 0.25) is 5.91 Å². The zero-order valence-corrected chi connectivity index (χ0v) is 10.4. The molecule has 0 spiro atoms. The van der Waals surface area contributed by atoms with E-state index in [2.05, 4.69) is 10.5 Å². The van der Waals surface area contributed by atoms with Gasteiger partial charge >= 0.3 is 0 Å². The van der Waals surface area contributed by atoms with Gasteiger partial charge in [-0.2, -0.15) is 0 Å². The smallest absolute Gasteiger partial charge is 0.228 e. The van der Waals surface area contributed by atoms with E-state index in [0.717, 1.165) is 0 Å². The van der Waals surface area contributed by atoms with Crippen molar-refractivity contribution in [2.45, 2.75) is 20.1 Å². The van der Waals surface area contributed by atoms with Crippen molar-refractivity contribution in [2.75, 3.05) is 21.3 Å². The van der Waals surface area contributed by atoms with E-state index in [1.54, 1.807) is 13.8 Å². The minimum absolute atomic E-state index is 0.237. The summed E-state index contributed by atoms with van der Waals surface area (Å²) in [6.07, 6.45) is 0.589. The molecule has 1 amide bonds. The zero-order valence-electron chi connectivity index (χ0n) is 10.4. The van der Waals surface area contributed by atoms with Crippen molar-refractivity contribution in [1.82, 2.24) is 5.32 Å². The lowest BCUT2D eigenvalue weighted by Crippen LogP contribution is -2.47. The van der Waals surface area contributed by atoms with Gasteiger partial charge in [-0.25, -0.2) is 0 Å². The predicted molar refractivity (Wildman–Crippen MR) is 59.4 cm³/mol. The van der Waals surface area contributed by atoms with Crippen LogP contribution in [0.15, 0.2) is 5.16 Å². The van der Waals surface area contributed by atoms with Gasteiger partial charge in [0.25, 0.3) is 0 Å². The Balaban J connectivity index is 5.14. The number of carbonyl (C=O) groups excluding carboxylic acids is 1. The van der Waals surface area contributed by atoms with E-state index in [4.69, 9.17) is 14.7 Å². The summed E-state index contributed by atoms with van der Waals surface area (Å²) in [6, 6.07) is 0. The summed E-state index contributed by atoms with van der Waals surface area (Å²) in [5, 5.41) is 14.1. The van der Waals surface area contributed by atoms with Crippen LogP contribution in [0.2, 0.25) is 0 Å². The second kappa shape index (κ2) is 6.44. The summed E-state index contributed by atoms with van der Waals surface area (Å²) in [5.41, 5.74) is -0.689. The van der Waals surface area contributed by atoms with E-state index < -0.39 is 17.6 Å². The number of amides is 1. The molecule has 0 rings (SSSR count). The predicted octanol–water partition coefficient (Wildman–Crippen LogP) is 0.454. The Morgan fingerprint density at radius 3 is 2.25 bits per heavy atom. The SMILES string of the molecule is CNC(=O)C(C(OC)OC)C(C)(C)C=NO. The van der Waals surface area contributed by atoms with Gasteiger partial charge in [-0.3, -0.25) is 4.79 Å². The Kier molecular flexibility index (Phi) is 5.98. The van der Waals surface area contributed by atoms with Gasteiger partial charge < -0.3 is 20.0 Å². The minimum Gasteiger partial charge on any atom is -0.411 e. The Hall–Kier alpha value is -1.14. The molecule has 0 aliphatic carbocycles. The van der Waals surface area contributed by atoms with Crippen LogP contribution < -0.4 is 5.32 Å². The van der Waals surface area contributed by atoms with Crippen molar-refractivity contribution in [2.24, 2.45) is 16.5 Å². The number of nitrogens with zero attached hydrogens (tertiary/aromatic N) is 1. The van der Waals surface area contributed by atoms with Gasteiger partial charge in [0, 0.05) is 26.7 Å². The lowest BCUT2D eigenvalue weighted by atomic mass is 9.78. The fourth-order valence-corrected chi connectivity index (χ4v) is 1.57. The molecule has 0 saturated heterocycles. The molecule has 0 fully saturated rings. The topological polar surface area (TPSA) is 80.2 Å². The molecule has 0 bridgehead atoms. The fraction of sp³-hybridized carbons (Fsp3) is 0.800. The van der Waals surface area contributed by atoms with Crippen molar-refractivity contribution < 1.29 is 19.5 Å². The van der Waals surface area contributed by atoms with Crippen LogP contribution in [0.4, 0.5) is 0 Å². The van der Waals surface area contributed by atoms with Crippen LogP contribution >= 0.6 is 0 Å². The maximum atomic E-state index is 11.8. The number of carbonyl (C=O) groups is 1. The van der Waals surface area contributed by atoms with Crippen molar-refractivity contribution in [1.29, 1.82) is 0 Å². The summed E-state index contributed by atoms with van der Waals surface area (Å²) in [4.78, 5) is 11.8. The maximum absolute atomic E-state index is 11.8. The van der Waals surface area contributed by atoms with E-state index in [9.17, 15) is 4.79 Å². The van der Waals surface area contributed by atoms with Gasteiger partial charge in [0.05, 0.1) is 12.1 Å². The first-order valence-electron chi connectivity index (χ1n) is 4.90. The Morgan fingerprint density at radius 1 is 1.44 bits per heavy atom. The lowest BCUT2D eigenvalue weighted by molar-refractivity contribution is -0.168. The van der Waals surface area contributed by atoms with Crippen LogP contribution in [0.1, 0.15) is 13.8 Å². The molecule has 0 aromatic rings. The van der Waals surface area contributed by atoms with Crippen molar-refractivity contribution >= 4 is 12.1 Å². The zero-order chi connectivity index (χ0) is 12.8. The third-order valence-electron chi connectivity index (χ3n) is 2.46. The van der Waals surface area contributed by atoms with E-state index >= 15 is 0 Å². The van der Waals surface area contributed by atoms with Gasteiger partial charge in [-0.15, -0.1) is 5.16 Å². The summed E-state index contributed by atoms with van der Waals surface area (Å²) in [6.45, 7) is 3.52. The average Bonchev–Trinajstić information content (AvgIpc) is 2.24. The molecule has 2 N–H and O–H groups in total. The third-order valence-corrected chi connectivity index (χ3v) is 2.46. The molecule has 6 nitrogen and oxygen atoms in total. The molecule has 94 valence electrons. The quantitative estimate of drug-likeness (QED) is 0.301. The van der Waals surface area contributed by atoms with Crippen LogP contribution in [0.25, 0.3) is 0 Å². The highest BCUT2D eigenvalue weighted by Crippen LogP contribution is 2.29. The molecule has 0 aromatic heterocycles. The molecule has 1 unspecified atom stereocenters. The second-order valence-electron chi connectivity index (χ2n) is 4.00. The first-order chi connectivity index (χ1) is 7.44. The summed E-state index contributed by atoms with van der Waals surface area (Å²) in [5.74, 6) is -0.845. The van der Waals surface area contributed by atoms with Crippen LogP contribution in [-0.4, -0.2) is 44.9 Å². The summed E-state index contributed by atoms with van der Waals surface area (Å²) >= 11 is 0. The van der Waals surface area contributed by atoms with Gasteiger partial charge in [-0.1, -0.05) is 13.8 Å². The molecule has 0 saturated carbocycles. The van der Waals surface area contributed by atoms with Crippen LogP contribution in [0.5, 0.6) is 0 Å². The molecular formula is C10H20N2O4. The minimum atomic E-state index is -0.701. The van der Waals surface area contributed by atoms with E-state index in [-0.39, 0.29) is 5.91 Å². The second-order valence-corrected chi connectivity index (χ2v) is 4.00. The summed E-state index contributed by atoms with van der Waals surface area (Å²) < 4.78 is 10.2. The van der Waals surface area contributed by atoms with E-state index in [1.165, 1.54) is 27.5 Å². The first-order valence-corrected chi connectivity index (χ1v) is 4.90. The highest BCUT2D eigenvalue weighted by Gasteiger charge is 2.40. The highest BCUT2D eigenvalue weighted by atomic mass is 16.7. The Labute approximate surface area is 95.6 Å². The monoisotopic (exact) mass is 232 g/mol.